The van der Waals surface area contributed by atoms with E-state index in [9.17, 15) is 0 Å². The Balaban J connectivity index is 1.74. The van der Waals surface area contributed by atoms with E-state index in [1.807, 2.05) is 42.5 Å². The molecule has 0 saturated carbocycles. The Labute approximate surface area is 172 Å². The first-order valence-electron chi connectivity index (χ1n) is 9.19. The van der Waals surface area contributed by atoms with Crippen LogP contribution in [-0.4, -0.2) is 23.0 Å². The molecule has 0 radical (unpaired) electrons. The van der Waals surface area contributed by atoms with E-state index in [1.165, 1.54) is 12.5 Å². The summed E-state index contributed by atoms with van der Waals surface area (Å²) in [6, 6.07) is 18.5. The molecule has 0 aliphatic carbocycles. The largest absolute Gasteiger partial charge is 0.256 e. The first-order valence-corrected chi connectivity index (χ1v) is 9.19. The van der Waals surface area contributed by atoms with E-state index in [4.69, 9.17) is 5.26 Å². The van der Waals surface area contributed by atoms with Crippen LogP contribution in [0, 0.1) is 11.3 Å². The summed E-state index contributed by atoms with van der Waals surface area (Å²) in [5, 5.41) is 10.7. The van der Waals surface area contributed by atoms with Crippen LogP contribution in [0.4, 0.5) is 4.39 Å². The Morgan fingerprint density at radius 3 is 2.77 bits per heavy atom. The summed E-state index contributed by atoms with van der Waals surface area (Å²) in [6.07, 6.45) is 4.50. The fourth-order valence-electron chi connectivity index (χ4n) is 3.22. The molecule has 30 heavy (non-hydrogen) atoms. The molecule has 0 spiro atoms. The number of pyridine rings is 2. The summed E-state index contributed by atoms with van der Waals surface area (Å²) in [4.78, 5) is 16.4. The van der Waals surface area contributed by atoms with E-state index in [2.05, 4.69) is 32.7 Å². The molecule has 0 saturated heterocycles. The van der Waals surface area contributed by atoms with Gasteiger partial charge in [0.15, 0.2) is 0 Å². The van der Waals surface area contributed by atoms with Crippen molar-refractivity contribution in [2.45, 2.75) is 6.42 Å². The maximum absolute atomic E-state index is 15.3. The molecule has 5 nitrogen and oxygen atoms in total. The molecule has 2 aromatic carbocycles. The fourth-order valence-corrected chi connectivity index (χ4v) is 3.22. The summed E-state index contributed by atoms with van der Waals surface area (Å²) in [5.41, 5.74) is 3.59. The second-order valence-electron chi connectivity index (χ2n) is 6.63. The molecule has 0 aliphatic heterocycles. The number of allylic oxidation sites excluding steroid dienone is 1. The Bertz CT molecular complexity index is 1370. The smallest absolute Gasteiger partial charge is 0.131 e. The van der Waals surface area contributed by atoms with Crippen LogP contribution in [0.2, 0.25) is 0 Å². The third-order valence-electron chi connectivity index (χ3n) is 4.64. The van der Waals surface area contributed by atoms with Crippen LogP contribution >= 0.6 is 0 Å². The highest BCUT2D eigenvalue weighted by molar-refractivity contribution is 5.85. The van der Waals surface area contributed by atoms with Crippen molar-refractivity contribution >= 4 is 40.6 Å². The normalized spacial score (nSPS) is 12.1. The topological polar surface area (TPSA) is 74.3 Å². The number of halogens is 1. The summed E-state index contributed by atoms with van der Waals surface area (Å²) in [7, 11) is 0. The van der Waals surface area contributed by atoms with Crippen LogP contribution in [0.25, 0.3) is 27.5 Å². The number of nitrogens with zero attached hydrogens (tertiary/aromatic N) is 5. The van der Waals surface area contributed by atoms with Crippen molar-refractivity contribution in [2.75, 3.05) is 0 Å². The zero-order valence-electron chi connectivity index (χ0n) is 16.0. The highest BCUT2D eigenvalue weighted by atomic mass is 19.1. The Hall–Kier alpha value is -4.24. The van der Waals surface area contributed by atoms with Gasteiger partial charge in [-0.15, -0.1) is 0 Å². The average Bonchev–Trinajstić information content (AvgIpc) is 2.79. The van der Waals surface area contributed by atoms with Crippen molar-refractivity contribution < 1.29 is 4.39 Å². The number of nitriles is 1. The monoisotopic (exact) mass is 393 g/mol. The molecule has 144 valence electrons. The van der Waals surface area contributed by atoms with Crippen molar-refractivity contribution in [2.24, 2.45) is 9.98 Å². The molecule has 4 rings (SSSR count). The zero-order valence-corrected chi connectivity index (χ0v) is 16.0. The minimum Gasteiger partial charge on any atom is -0.256 e. The molecule has 0 amide bonds. The standard InChI is InChI=1S/C24H16FN5/c1-27-15-30-24(20-6-7-22-18(12-20)3-2-8-28-22)21(25)10-16-4-5-19-9-17(13-26)14-29-23(19)11-16/h2-9,11-12,14-15H,1,10H2/b24-21+,30-15-. The molecule has 0 fully saturated rings. The quantitative estimate of drug-likeness (QED) is 0.343. The van der Waals surface area contributed by atoms with Crippen molar-refractivity contribution in [1.82, 2.24) is 9.97 Å². The van der Waals surface area contributed by atoms with Gasteiger partial charge >= 0.3 is 0 Å². The maximum atomic E-state index is 15.3. The van der Waals surface area contributed by atoms with Gasteiger partial charge in [-0.2, -0.15) is 5.26 Å². The van der Waals surface area contributed by atoms with Gasteiger partial charge in [0.2, 0.25) is 0 Å². The van der Waals surface area contributed by atoms with Gasteiger partial charge in [-0.05, 0) is 42.6 Å². The number of fused-ring (bicyclic) bond motifs is 2. The number of aromatic nitrogens is 2. The molecule has 4 aromatic rings. The maximum Gasteiger partial charge on any atom is 0.131 e. The molecule has 0 aliphatic rings. The molecule has 0 bridgehead atoms. The van der Waals surface area contributed by atoms with Gasteiger partial charge in [0, 0.05) is 35.2 Å². The predicted molar refractivity (Wildman–Crippen MR) is 118 cm³/mol. The van der Waals surface area contributed by atoms with Gasteiger partial charge < -0.3 is 0 Å². The van der Waals surface area contributed by atoms with Crippen LogP contribution in [0.1, 0.15) is 16.7 Å². The Kier molecular flexibility index (Phi) is 5.35. The molecule has 6 heteroatoms. The summed E-state index contributed by atoms with van der Waals surface area (Å²) >= 11 is 0. The van der Waals surface area contributed by atoms with E-state index in [-0.39, 0.29) is 12.1 Å². The SMILES string of the molecule is C=N/C=N\C(=C(\F)Cc1ccc2cc(C#N)cnc2c1)c1ccc2ncccc2c1. The lowest BCUT2D eigenvalue weighted by atomic mass is 10.0. The Morgan fingerprint density at radius 1 is 1.07 bits per heavy atom. The lowest BCUT2D eigenvalue weighted by Crippen LogP contribution is -1.93. The summed E-state index contributed by atoms with van der Waals surface area (Å²) in [5.74, 6) is -0.397. The van der Waals surface area contributed by atoms with Crippen LogP contribution in [-0.2, 0) is 6.42 Å². The van der Waals surface area contributed by atoms with Crippen LogP contribution in [0.5, 0.6) is 0 Å². The average molecular weight is 393 g/mol. The van der Waals surface area contributed by atoms with Crippen LogP contribution in [0.15, 0.2) is 82.8 Å². The Morgan fingerprint density at radius 2 is 1.93 bits per heavy atom. The van der Waals surface area contributed by atoms with Gasteiger partial charge in [0.1, 0.15) is 23.9 Å². The lowest BCUT2D eigenvalue weighted by Gasteiger charge is -2.08. The van der Waals surface area contributed by atoms with Gasteiger partial charge in [-0.3, -0.25) is 15.0 Å². The van der Waals surface area contributed by atoms with Gasteiger partial charge in [0.25, 0.3) is 0 Å². The van der Waals surface area contributed by atoms with Gasteiger partial charge in [-0.25, -0.2) is 9.38 Å². The van der Waals surface area contributed by atoms with Gasteiger partial charge in [-0.1, -0.05) is 24.3 Å². The van der Waals surface area contributed by atoms with Crippen molar-refractivity contribution in [3.63, 3.8) is 0 Å². The van der Waals surface area contributed by atoms with Crippen molar-refractivity contribution in [3.05, 3.63) is 89.5 Å². The van der Waals surface area contributed by atoms with Crippen LogP contribution in [0.3, 0.4) is 0 Å². The van der Waals surface area contributed by atoms with E-state index in [0.29, 0.717) is 16.6 Å². The third kappa shape index (κ3) is 3.96. The predicted octanol–water partition coefficient (Wildman–Crippen LogP) is 5.26. The number of hydrogen-bond donors (Lipinski definition) is 0. The number of rotatable bonds is 5. The van der Waals surface area contributed by atoms with Crippen molar-refractivity contribution in [3.8, 4) is 6.07 Å². The van der Waals surface area contributed by atoms with E-state index in [0.717, 1.165) is 21.9 Å². The highest BCUT2D eigenvalue weighted by Gasteiger charge is 2.11. The van der Waals surface area contributed by atoms with Crippen LogP contribution < -0.4 is 0 Å². The number of benzene rings is 2. The van der Waals surface area contributed by atoms with Crippen molar-refractivity contribution in [1.29, 1.82) is 5.26 Å². The molecular weight excluding hydrogens is 377 g/mol. The molecule has 0 atom stereocenters. The number of aliphatic imine (C=N–C) groups is 2. The minimum absolute atomic E-state index is 0.0481. The van der Waals surface area contributed by atoms with E-state index in [1.54, 1.807) is 18.3 Å². The minimum atomic E-state index is -0.397. The molecule has 0 N–H and O–H groups in total. The van der Waals surface area contributed by atoms with Gasteiger partial charge in [0.05, 0.1) is 16.6 Å². The molecule has 2 heterocycles. The van der Waals surface area contributed by atoms with E-state index < -0.39 is 5.83 Å². The summed E-state index contributed by atoms with van der Waals surface area (Å²) in [6.45, 7) is 3.38. The van der Waals surface area contributed by atoms with E-state index >= 15 is 4.39 Å². The first-order chi connectivity index (χ1) is 14.7. The first kappa shape index (κ1) is 19.1. The molecular formula is C24H16FN5. The molecule has 0 unspecified atom stereocenters. The second-order valence-corrected chi connectivity index (χ2v) is 6.63. The molecule has 2 aromatic heterocycles. The lowest BCUT2D eigenvalue weighted by molar-refractivity contribution is 0.614. The second kappa shape index (κ2) is 8.41. The third-order valence-corrected chi connectivity index (χ3v) is 4.64. The zero-order chi connectivity index (χ0) is 20.9. The number of hydrogen-bond acceptors (Lipinski definition) is 4. The highest BCUT2D eigenvalue weighted by Crippen LogP contribution is 2.27. The summed E-state index contributed by atoms with van der Waals surface area (Å²) < 4.78 is 15.3. The fraction of sp³-hybridized carbons (Fsp3) is 0.0417.